The van der Waals surface area contributed by atoms with Gasteiger partial charge in [-0.25, -0.2) is 0 Å². The van der Waals surface area contributed by atoms with Crippen LogP contribution < -0.4 is 0 Å². The minimum absolute atomic E-state index is 0.117. The largest absolute Gasteiger partial charge is 0.268 e. The molecule has 17 heavy (non-hydrogen) atoms. The molecule has 0 aliphatic heterocycles. The summed E-state index contributed by atoms with van der Waals surface area (Å²) in [6.45, 7) is 3.85. The summed E-state index contributed by atoms with van der Waals surface area (Å²) in [6.07, 6.45) is -8.96. The van der Waals surface area contributed by atoms with Crippen LogP contribution in [0, 0.1) is 17.2 Å². The summed E-state index contributed by atoms with van der Waals surface area (Å²) in [5.41, 5.74) is 0.813. The maximum atomic E-state index is 9.15. The molecule has 1 atom stereocenters. The van der Waals surface area contributed by atoms with Gasteiger partial charge in [0.2, 0.25) is 0 Å². The lowest BCUT2D eigenvalue weighted by molar-refractivity contribution is 0.314. The Labute approximate surface area is 115 Å². The highest BCUT2D eigenvalue weighted by Gasteiger charge is 2.26. The van der Waals surface area contributed by atoms with Crippen molar-refractivity contribution in [1.82, 2.24) is 9.78 Å². The Hall–Kier alpha value is -1.30. The van der Waals surface area contributed by atoms with Crippen molar-refractivity contribution in [2.75, 3.05) is 0 Å². The standard InChI is InChI=1S/C14H21N3/c1-11(2)13-9-16-17(10-13)14(7-8-15)12-5-3-4-6-12/h9-12,14H,3-7H2,1-2H3/t14-/m1/s1/i3D2,4D2,5D2,6D2. The first-order valence-electron chi connectivity index (χ1n) is 9.64. The fourth-order valence-electron chi connectivity index (χ4n) is 1.75. The second kappa shape index (κ2) is 5.35. The Kier molecular flexibility index (Phi) is 1.75. The van der Waals surface area contributed by atoms with Crippen LogP contribution in [0.5, 0.6) is 0 Å². The van der Waals surface area contributed by atoms with Crippen molar-refractivity contribution in [3.63, 3.8) is 0 Å². The molecule has 3 nitrogen and oxygen atoms in total. The third-order valence-electron chi connectivity index (χ3n) is 2.83. The second-order valence-electron chi connectivity index (χ2n) is 4.35. The van der Waals surface area contributed by atoms with E-state index in [0.717, 1.165) is 5.56 Å². The minimum atomic E-state index is -3.06. The molecule has 2 rings (SSSR count). The smallest absolute Gasteiger partial charge is 0.0677 e. The topological polar surface area (TPSA) is 41.6 Å². The summed E-state index contributed by atoms with van der Waals surface area (Å²) >= 11 is 0. The van der Waals surface area contributed by atoms with Crippen LogP contribution in [0.2, 0.25) is 0 Å². The average Bonchev–Trinajstić information content (AvgIpc) is 2.97. The zero-order valence-corrected chi connectivity index (χ0v) is 9.94. The van der Waals surface area contributed by atoms with Gasteiger partial charge < -0.3 is 0 Å². The second-order valence-corrected chi connectivity index (χ2v) is 4.35. The Balaban J connectivity index is 2.62. The van der Waals surface area contributed by atoms with E-state index in [1.165, 1.54) is 4.68 Å². The van der Waals surface area contributed by atoms with E-state index in [1.54, 1.807) is 12.4 Å². The highest BCUT2D eigenvalue weighted by molar-refractivity contribution is 5.09. The van der Waals surface area contributed by atoms with E-state index < -0.39 is 37.5 Å². The Morgan fingerprint density at radius 1 is 1.59 bits per heavy atom. The van der Waals surface area contributed by atoms with E-state index in [4.69, 9.17) is 16.2 Å². The number of hydrogen-bond acceptors (Lipinski definition) is 2. The average molecular weight is 239 g/mol. The van der Waals surface area contributed by atoms with Crippen LogP contribution >= 0.6 is 0 Å². The summed E-state index contributed by atoms with van der Waals surface area (Å²) in [6, 6.07) is 0.743. The van der Waals surface area contributed by atoms with E-state index >= 15 is 0 Å². The van der Waals surface area contributed by atoms with Crippen molar-refractivity contribution >= 4 is 0 Å². The SMILES string of the molecule is [2H]C1([2H])C([C@@H](CC#N)n2cc(C(C)C)cn2)C([2H])([2H])C([2H])([2H])C1([2H])[2H]. The molecule has 1 aliphatic carbocycles. The fraction of sp³-hybridized carbons (Fsp3) is 0.714. The summed E-state index contributed by atoms with van der Waals surface area (Å²) in [5, 5.41) is 13.3. The predicted octanol–water partition coefficient (Wildman–Crippen LogP) is 3.65. The minimum Gasteiger partial charge on any atom is -0.268 e. The first kappa shape index (κ1) is 5.56. The van der Waals surface area contributed by atoms with Gasteiger partial charge in [0.05, 0.1) is 24.7 Å². The molecular formula is C14H21N3. The normalized spacial score (nSPS) is 37.3. The lowest BCUT2D eigenvalue weighted by Gasteiger charge is -2.21. The van der Waals surface area contributed by atoms with Gasteiger partial charge in [-0.2, -0.15) is 10.4 Å². The molecule has 0 N–H and O–H groups in total. The monoisotopic (exact) mass is 239 g/mol. The van der Waals surface area contributed by atoms with Crippen molar-refractivity contribution in [3.8, 4) is 6.07 Å². The first-order valence-corrected chi connectivity index (χ1v) is 5.64. The molecule has 0 radical (unpaired) electrons. The summed E-state index contributed by atoms with van der Waals surface area (Å²) < 4.78 is 65.6. The van der Waals surface area contributed by atoms with E-state index in [1.807, 2.05) is 19.9 Å². The number of aromatic nitrogens is 2. The van der Waals surface area contributed by atoms with Gasteiger partial charge in [0.15, 0.2) is 0 Å². The summed E-state index contributed by atoms with van der Waals surface area (Å²) in [5.74, 6) is -1.60. The van der Waals surface area contributed by atoms with Crippen LogP contribution in [0.3, 0.4) is 0 Å². The Morgan fingerprint density at radius 3 is 2.82 bits per heavy atom. The molecule has 1 heterocycles. The molecule has 0 bridgehead atoms. The van der Waals surface area contributed by atoms with Crippen LogP contribution in [0.1, 0.15) is 74.2 Å². The quantitative estimate of drug-likeness (QED) is 0.804. The molecule has 1 saturated carbocycles. The third-order valence-corrected chi connectivity index (χ3v) is 2.83. The van der Waals surface area contributed by atoms with Gasteiger partial charge in [-0.05, 0) is 30.1 Å². The molecule has 0 aromatic carbocycles. The number of hydrogen-bond donors (Lipinski definition) is 0. The molecular weight excluding hydrogens is 210 g/mol. The molecule has 0 saturated heterocycles. The van der Waals surface area contributed by atoms with Crippen LogP contribution in [-0.2, 0) is 0 Å². The number of nitrogens with zero attached hydrogens (tertiary/aromatic N) is 3. The zero-order valence-electron chi connectivity index (χ0n) is 17.9. The zero-order chi connectivity index (χ0) is 19.4. The van der Waals surface area contributed by atoms with Gasteiger partial charge in [0.25, 0.3) is 0 Å². The predicted molar refractivity (Wildman–Crippen MR) is 67.5 cm³/mol. The van der Waals surface area contributed by atoms with Crippen LogP contribution in [0.25, 0.3) is 0 Å². The van der Waals surface area contributed by atoms with Gasteiger partial charge in [-0.1, -0.05) is 26.6 Å². The highest BCUT2D eigenvalue weighted by Crippen LogP contribution is 2.36. The number of rotatable bonds is 4. The van der Waals surface area contributed by atoms with E-state index in [9.17, 15) is 0 Å². The Bertz CT molecular complexity index is 662. The van der Waals surface area contributed by atoms with Crippen molar-refractivity contribution < 1.29 is 11.0 Å². The lowest BCUT2D eigenvalue weighted by atomic mass is 9.96. The van der Waals surface area contributed by atoms with Gasteiger partial charge in [-0.3, -0.25) is 4.68 Å². The first-order chi connectivity index (χ1) is 11.2. The lowest BCUT2D eigenvalue weighted by Crippen LogP contribution is -2.17. The number of nitriles is 1. The van der Waals surface area contributed by atoms with Crippen LogP contribution in [0.4, 0.5) is 0 Å². The molecule has 1 aromatic heterocycles. The highest BCUT2D eigenvalue weighted by atomic mass is 15.3. The molecule has 0 unspecified atom stereocenters. The van der Waals surface area contributed by atoms with Crippen LogP contribution in [-0.4, -0.2) is 9.78 Å². The molecule has 0 spiro atoms. The van der Waals surface area contributed by atoms with Crippen molar-refractivity contribution in [2.24, 2.45) is 5.92 Å². The maximum absolute atomic E-state index is 9.15. The maximum Gasteiger partial charge on any atom is 0.0677 e. The van der Waals surface area contributed by atoms with Crippen molar-refractivity contribution in [3.05, 3.63) is 18.0 Å². The third kappa shape index (κ3) is 2.69. The fourth-order valence-corrected chi connectivity index (χ4v) is 1.75. The van der Waals surface area contributed by atoms with Gasteiger partial charge in [-0.15, -0.1) is 0 Å². The Morgan fingerprint density at radius 2 is 2.29 bits per heavy atom. The van der Waals surface area contributed by atoms with Crippen molar-refractivity contribution in [2.45, 2.75) is 57.7 Å². The molecule has 92 valence electrons. The van der Waals surface area contributed by atoms with E-state index in [0.29, 0.717) is 0 Å². The summed E-state index contributed by atoms with van der Waals surface area (Å²) in [7, 11) is 0. The van der Waals surface area contributed by atoms with Gasteiger partial charge >= 0.3 is 0 Å². The van der Waals surface area contributed by atoms with Crippen LogP contribution in [0.15, 0.2) is 12.4 Å². The molecule has 1 aliphatic rings. The van der Waals surface area contributed by atoms with Crippen molar-refractivity contribution in [1.29, 1.82) is 5.26 Å². The molecule has 3 heteroatoms. The van der Waals surface area contributed by atoms with E-state index in [2.05, 4.69) is 5.10 Å². The van der Waals surface area contributed by atoms with Gasteiger partial charge in [0.1, 0.15) is 0 Å². The van der Waals surface area contributed by atoms with E-state index in [-0.39, 0.29) is 12.3 Å². The molecule has 1 fully saturated rings. The van der Waals surface area contributed by atoms with Gasteiger partial charge in [0, 0.05) is 17.2 Å². The summed E-state index contributed by atoms with van der Waals surface area (Å²) in [4.78, 5) is 0. The molecule has 1 aromatic rings. The molecule has 0 amide bonds.